The van der Waals surface area contributed by atoms with E-state index < -0.39 is 14.9 Å². The number of hydrogen-bond acceptors (Lipinski definition) is 6. The summed E-state index contributed by atoms with van der Waals surface area (Å²) in [4.78, 5) is 27.2. The molecule has 1 aliphatic heterocycles. The molecule has 0 bridgehead atoms. The Morgan fingerprint density at radius 2 is 1.94 bits per heavy atom. The van der Waals surface area contributed by atoms with Gasteiger partial charge in [0.05, 0.1) is 15.9 Å². The van der Waals surface area contributed by atoms with Crippen molar-refractivity contribution in [2.75, 3.05) is 6.54 Å². The van der Waals surface area contributed by atoms with Crippen molar-refractivity contribution in [3.05, 3.63) is 69.8 Å². The number of amidine groups is 1. The fraction of sp³-hybridized carbons (Fsp3) is 0.333. The number of amides is 1. The molecule has 0 aliphatic carbocycles. The lowest BCUT2D eigenvalue weighted by Gasteiger charge is -2.14. The number of hydrogen-bond donors (Lipinski definition) is 2. The number of nitrogens with one attached hydrogen (secondary N) is 2. The number of non-ortho nitro benzene ring substituents is 1. The van der Waals surface area contributed by atoms with Crippen LogP contribution in [-0.2, 0) is 14.8 Å². The molecule has 1 atom stereocenters. The minimum Gasteiger partial charge on any atom is -0.350 e. The van der Waals surface area contributed by atoms with Crippen molar-refractivity contribution in [3.8, 4) is 0 Å². The van der Waals surface area contributed by atoms with Crippen LogP contribution in [0.25, 0.3) is 0 Å². The van der Waals surface area contributed by atoms with E-state index in [-0.39, 0.29) is 22.5 Å². The van der Waals surface area contributed by atoms with E-state index in [2.05, 4.69) is 15.0 Å². The first-order chi connectivity index (χ1) is 14.8. The maximum absolute atomic E-state index is 12.1. The average molecular weight is 445 g/mol. The molecule has 0 spiro atoms. The van der Waals surface area contributed by atoms with Crippen LogP contribution in [0, 0.1) is 10.1 Å². The van der Waals surface area contributed by atoms with Crippen molar-refractivity contribution < 1.29 is 18.1 Å². The summed E-state index contributed by atoms with van der Waals surface area (Å²) in [5.74, 6) is 0.238. The molecule has 3 rings (SSSR count). The number of nitrogens with zero attached hydrogens (tertiary/aromatic N) is 2. The quantitative estimate of drug-likeness (QED) is 0.349. The van der Waals surface area contributed by atoms with E-state index in [1.54, 1.807) is 43.3 Å². The Hall–Kier alpha value is -3.27. The van der Waals surface area contributed by atoms with Crippen molar-refractivity contribution in [1.82, 2.24) is 10.0 Å². The normalized spacial score (nSPS) is 16.4. The van der Waals surface area contributed by atoms with Gasteiger partial charge in [-0.1, -0.05) is 30.7 Å². The van der Waals surface area contributed by atoms with E-state index >= 15 is 0 Å². The number of fused-ring (bicyclic) bond motifs is 1. The van der Waals surface area contributed by atoms with Crippen molar-refractivity contribution in [2.24, 2.45) is 4.99 Å². The molecule has 0 fully saturated rings. The third-order valence-corrected chi connectivity index (χ3v) is 6.35. The molecule has 0 saturated carbocycles. The van der Waals surface area contributed by atoms with E-state index in [9.17, 15) is 23.3 Å². The van der Waals surface area contributed by atoms with Crippen LogP contribution in [0.5, 0.6) is 0 Å². The Kier molecular flexibility index (Phi) is 7.01. The number of unbranched alkanes of at least 4 members (excludes halogenated alkanes) is 2. The number of benzene rings is 2. The second kappa shape index (κ2) is 9.69. The van der Waals surface area contributed by atoms with Crippen LogP contribution in [-0.4, -0.2) is 31.6 Å². The number of nitro groups is 1. The summed E-state index contributed by atoms with van der Waals surface area (Å²) in [6.07, 6.45) is 2.50. The van der Waals surface area contributed by atoms with Crippen LogP contribution in [0.15, 0.2) is 58.4 Å². The van der Waals surface area contributed by atoms with Crippen LogP contribution in [0.1, 0.15) is 49.8 Å². The second-order valence-corrected chi connectivity index (χ2v) is 8.93. The highest BCUT2D eigenvalue weighted by Crippen LogP contribution is 2.22. The van der Waals surface area contributed by atoms with Crippen molar-refractivity contribution in [3.63, 3.8) is 0 Å². The highest BCUT2D eigenvalue weighted by molar-refractivity contribution is 7.90. The number of aliphatic imine (C=N–C) groups is 1. The molecular weight excluding hydrogens is 420 g/mol. The van der Waals surface area contributed by atoms with Crippen LogP contribution in [0.4, 0.5) is 5.69 Å². The molecule has 164 valence electrons. The molecule has 0 saturated heterocycles. The molecule has 1 amide bonds. The van der Waals surface area contributed by atoms with Crippen LogP contribution < -0.4 is 10.0 Å². The van der Waals surface area contributed by atoms with E-state index in [0.717, 1.165) is 12.8 Å². The summed E-state index contributed by atoms with van der Waals surface area (Å²) in [6.45, 7) is 2.24. The third-order valence-electron chi connectivity index (χ3n) is 4.95. The Balaban J connectivity index is 1.40. The summed E-state index contributed by atoms with van der Waals surface area (Å²) in [7, 11) is -3.53. The first kappa shape index (κ1) is 22.4. The molecule has 10 heteroatoms. The van der Waals surface area contributed by atoms with Crippen LogP contribution in [0.3, 0.4) is 0 Å². The van der Waals surface area contributed by atoms with Gasteiger partial charge in [-0.05, 0) is 37.5 Å². The summed E-state index contributed by atoms with van der Waals surface area (Å²) in [5.41, 5.74) is 1.25. The van der Waals surface area contributed by atoms with Gasteiger partial charge < -0.3 is 5.32 Å². The fourth-order valence-electron chi connectivity index (χ4n) is 3.32. The van der Waals surface area contributed by atoms with Crippen molar-refractivity contribution in [1.29, 1.82) is 0 Å². The molecule has 2 aromatic rings. The lowest BCUT2D eigenvalue weighted by molar-refractivity contribution is -0.384. The van der Waals surface area contributed by atoms with Crippen LogP contribution >= 0.6 is 0 Å². The summed E-state index contributed by atoms with van der Waals surface area (Å²) < 4.78 is 26.6. The minimum absolute atomic E-state index is 0.00704. The number of carbonyl (C=O) groups excluding carboxylic acids is 1. The highest BCUT2D eigenvalue weighted by Gasteiger charge is 2.29. The SMILES string of the molecule is CC(NC(=O)CCCCCN=C1NS(=O)(=O)c2ccccc21)c1cccc([N+](=O)[O-])c1. The molecule has 0 aromatic heterocycles. The molecule has 1 heterocycles. The number of rotatable bonds is 9. The van der Waals surface area contributed by atoms with Crippen molar-refractivity contribution in [2.45, 2.75) is 43.5 Å². The van der Waals surface area contributed by atoms with Gasteiger partial charge in [-0.25, -0.2) is 8.42 Å². The topological polar surface area (TPSA) is 131 Å². The Labute approximate surface area is 180 Å². The molecule has 0 radical (unpaired) electrons. The molecule has 1 aliphatic rings. The Bertz CT molecular complexity index is 1110. The van der Waals surface area contributed by atoms with E-state index in [4.69, 9.17) is 0 Å². The average Bonchev–Trinajstić information content (AvgIpc) is 3.01. The van der Waals surface area contributed by atoms with E-state index in [0.29, 0.717) is 36.3 Å². The zero-order valence-corrected chi connectivity index (χ0v) is 17.9. The van der Waals surface area contributed by atoms with E-state index in [1.807, 2.05) is 0 Å². The zero-order valence-electron chi connectivity index (χ0n) is 17.1. The highest BCUT2D eigenvalue weighted by atomic mass is 32.2. The standard InChI is InChI=1S/C21H24N4O5S/c1-15(16-8-7-9-17(14-16)25(27)28)23-20(26)12-3-2-6-13-22-21-18-10-4-5-11-19(18)31(29,30)24-21/h4-5,7-11,14-15H,2-3,6,12-13H2,1H3,(H,22,24)(H,23,26). The molecule has 2 N–H and O–H groups in total. The van der Waals surface area contributed by atoms with Gasteiger partial charge in [-0.3, -0.25) is 24.6 Å². The Morgan fingerprint density at radius 1 is 1.16 bits per heavy atom. The molecule has 31 heavy (non-hydrogen) atoms. The van der Waals surface area contributed by atoms with Gasteiger partial charge in [0.1, 0.15) is 5.84 Å². The lowest BCUT2D eigenvalue weighted by atomic mass is 10.1. The van der Waals surface area contributed by atoms with Gasteiger partial charge in [0, 0.05) is 30.7 Å². The van der Waals surface area contributed by atoms with E-state index in [1.165, 1.54) is 12.1 Å². The number of nitro benzene ring substituents is 1. The molecule has 1 unspecified atom stereocenters. The van der Waals surface area contributed by atoms with Gasteiger partial charge in [0.25, 0.3) is 15.7 Å². The monoisotopic (exact) mass is 444 g/mol. The second-order valence-electron chi connectivity index (χ2n) is 7.28. The minimum atomic E-state index is -3.53. The summed E-state index contributed by atoms with van der Waals surface area (Å²) in [5, 5.41) is 13.7. The molecular formula is C21H24N4O5S. The lowest BCUT2D eigenvalue weighted by Crippen LogP contribution is -2.26. The first-order valence-electron chi connectivity index (χ1n) is 9.98. The number of sulfonamides is 1. The maximum atomic E-state index is 12.1. The Morgan fingerprint density at radius 3 is 2.71 bits per heavy atom. The first-order valence-corrected chi connectivity index (χ1v) is 11.5. The van der Waals surface area contributed by atoms with Crippen molar-refractivity contribution >= 4 is 27.5 Å². The zero-order chi connectivity index (χ0) is 22.4. The van der Waals surface area contributed by atoms with Gasteiger partial charge >= 0.3 is 0 Å². The molecule has 9 nitrogen and oxygen atoms in total. The maximum Gasteiger partial charge on any atom is 0.269 e. The van der Waals surface area contributed by atoms with Gasteiger partial charge in [-0.2, -0.15) is 0 Å². The summed E-state index contributed by atoms with van der Waals surface area (Å²) >= 11 is 0. The predicted octanol–water partition coefficient (Wildman–Crippen LogP) is 3.07. The smallest absolute Gasteiger partial charge is 0.269 e. The van der Waals surface area contributed by atoms with Crippen LogP contribution in [0.2, 0.25) is 0 Å². The fourth-order valence-corrected chi connectivity index (χ4v) is 4.57. The molecule has 2 aromatic carbocycles. The van der Waals surface area contributed by atoms with Gasteiger partial charge in [0.2, 0.25) is 5.91 Å². The third kappa shape index (κ3) is 5.66. The summed E-state index contributed by atoms with van der Waals surface area (Å²) in [6, 6.07) is 12.6. The number of carbonyl (C=O) groups is 1. The predicted molar refractivity (Wildman–Crippen MR) is 116 cm³/mol. The van der Waals surface area contributed by atoms with Gasteiger partial charge in [0.15, 0.2) is 0 Å². The van der Waals surface area contributed by atoms with Gasteiger partial charge in [-0.15, -0.1) is 0 Å². The largest absolute Gasteiger partial charge is 0.350 e.